The minimum absolute atomic E-state index is 0. The smallest absolute Gasteiger partial charge is 0.0992 e. The first-order valence-corrected chi connectivity index (χ1v) is 9.55. The number of halogens is 2. The maximum atomic E-state index is 9.14. The Morgan fingerprint density at radius 1 is 1.15 bits per heavy atom. The molecule has 27 heavy (non-hydrogen) atoms. The highest BCUT2D eigenvalue weighted by Crippen LogP contribution is 2.24. The molecular weight excluding hydrogens is 377 g/mol. The Balaban J connectivity index is 0.00000210. The van der Waals surface area contributed by atoms with Crippen LogP contribution in [0.3, 0.4) is 0 Å². The van der Waals surface area contributed by atoms with Gasteiger partial charge in [0.2, 0.25) is 0 Å². The van der Waals surface area contributed by atoms with Crippen LogP contribution in [-0.2, 0) is 13.0 Å². The van der Waals surface area contributed by atoms with Gasteiger partial charge in [-0.25, -0.2) is 0 Å². The van der Waals surface area contributed by atoms with Crippen molar-refractivity contribution in [3.05, 3.63) is 70.9 Å². The summed E-state index contributed by atoms with van der Waals surface area (Å²) in [6.45, 7) is 4.35. The van der Waals surface area contributed by atoms with Crippen molar-refractivity contribution in [2.75, 3.05) is 19.6 Å². The third kappa shape index (κ3) is 4.47. The van der Waals surface area contributed by atoms with Gasteiger partial charge in [0.15, 0.2) is 0 Å². The average Bonchev–Trinajstić information content (AvgIpc) is 3.28. The zero-order chi connectivity index (χ0) is 17.9. The number of hydrogen-bond donors (Lipinski definition) is 0. The summed E-state index contributed by atoms with van der Waals surface area (Å²) < 4.78 is 2.30. The van der Waals surface area contributed by atoms with Gasteiger partial charge >= 0.3 is 0 Å². The molecule has 0 amide bonds. The summed E-state index contributed by atoms with van der Waals surface area (Å²) in [5.74, 6) is 0.655. The number of likely N-dealkylation sites (tertiary alicyclic amines) is 1. The fourth-order valence-electron chi connectivity index (χ4n) is 3.94. The number of nitrogens with zero attached hydrogens (tertiary/aromatic N) is 3. The van der Waals surface area contributed by atoms with Gasteiger partial charge in [-0.3, -0.25) is 0 Å². The molecule has 0 aliphatic carbocycles. The molecule has 2 aromatic carbocycles. The normalized spacial score (nSPS) is 17.0. The first-order valence-electron chi connectivity index (χ1n) is 9.17. The zero-order valence-electron chi connectivity index (χ0n) is 15.1. The van der Waals surface area contributed by atoms with Crippen molar-refractivity contribution in [1.82, 2.24) is 9.47 Å². The number of fused-ring (bicyclic) bond motifs is 1. The van der Waals surface area contributed by atoms with Crippen LogP contribution in [0.2, 0.25) is 5.02 Å². The summed E-state index contributed by atoms with van der Waals surface area (Å²) in [6.07, 6.45) is 4.38. The van der Waals surface area contributed by atoms with Crippen LogP contribution >= 0.6 is 24.0 Å². The summed E-state index contributed by atoms with van der Waals surface area (Å²) in [5, 5.41) is 11.2. The molecule has 4 rings (SSSR count). The van der Waals surface area contributed by atoms with Gasteiger partial charge in [0, 0.05) is 36.4 Å². The molecule has 1 saturated heterocycles. The Hall–Kier alpha value is -1.99. The second kappa shape index (κ2) is 8.80. The highest BCUT2D eigenvalue weighted by atomic mass is 35.5. The van der Waals surface area contributed by atoms with E-state index < -0.39 is 0 Å². The van der Waals surface area contributed by atoms with Crippen LogP contribution in [0.25, 0.3) is 10.9 Å². The second-order valence-corrected chi connectivity index (χ2v) is 7.56. The molecule has 5 heteroatoms. The van der Waals surface area contributed by atoms with Crippen LogP contribution in [0.4, 0.5) is 0 Å². The van der Waals surface area contributed by atoms with Crippen molar-refractivity contribution in [3.8, 4) is 6.07 Å². The molecule has 0 bridgehead atoms. The van der Waals surface area contributed by atoms with Gasteiger partial charge in [-0.1, -0.05) is 35.9 Å². The van der Waals surface area contributed by atoms with E-state index in [0.29, 0.717) is 5.92 Å². The van der Waals surface area contributed by atoms with E-state index in [2.05, 4.69) is 39.9 Å². The van der Waals surface area contributed by atoms with Crippen LogP contribution in [0, 0.1) is 17.2 Å². The largest absolute Gasteiger partial charge is 0.347 e. The minimum atomic E-state index is 0. The maximum Gasteiger partial charge on any atom is 0.0992 e. The standard InChI is InChI=1S/C22H22ClN3.ClH/c23-21-4-2-1-3-19(21)8-11-25-10-7-18(15-25)16-26-12-9-20-6-5-17(14-24)13-22(20)26;/h1-6,9,12-13,18H,7-8,10-11,15-16H2;1H. The van der Waals surface area contributed by atoms with E-state index in [1.807, 2.05) is 30.3 Å². The van der Waals surface area contributed by atoms with Gasteiger partial charge in [0.1, 0.15) is 0 Å². The average molecular weight is 400 g/mol. The van der Waals surface area contributed by atoms with E-state index in [1.54, 1.807) is 0 Å². The molecule has 1 atom stereocenters. The summed E-state index contributed by atoms with van der Waals surface area (Å²) in [6, 6.07) is 18.4. The Morgan fingerprint density at radius 3 is 2.81 bits per heavy atom. The van der Waals surface area contributed by atoms with Crippen molar-refractivity contribution in [1.29, 1.82) is 5.26 Å². The summed E-state index contributed by atoms with van der Waals surface area (Å²) in [7, 11) is 0. The molecule has 0 saturated carbocycles. The van der Waals surface area contributed by atoms with Gasteiger partial charge in [0.25, 0.3) is 0 Å². The number of benzene rings is 2. The molecule has 0 spiro atoms. The second-order valence-electron chi connectivity index (χ2n) is 7.15. The van der Waals surface area contributed by atoms with Gasteiger partial charge in [-0.15, -0.1) is 12.4 Å². The van der Waals surface area contributed by atoms with Crippen LogP contribution in [0.15, 0.2) is 54.7 Å². The molecule has 140 valence electrons. The van der Waals surface area contributed by atoms with Crippen LogP contribution in [0.5, 0.6) is 0 Å². The fraction of sp³-hybridized carbons (Fsp3) is 0.318. The van der Waals surface area contributed by atoms with E-state index >= 15 is 0 Å². The molecule has 3 nitrogen and oxygen atoms in total. The number of aromatic nitrogens is 1. The number of nitriles is 1. The van der Waals surface area contributed by atoms with Gasteiger partial charge in [-0.05, 0) is 60.5 Å². The van der Waals surface area contributed by atoms with E-state index in [0.717, 1.165) is 43.2 Å². The first-order chi connectivity index (χ1) is 12.7. The lowest BCUT2D eigenvalue weighted by Crippen LogP contribution is -2.24. The van der Waals surface area contributed by atoms with Crippen molar-refractivity contribution in [2.24, 2.45) is 5.92 Å². The number of rotatable bonds is 5. The van der Waals surface area contributed by atoms with E-state index in [1.165, 1.54) is 22.9 Å². The Labute approximate surface area is 171 Å². The number of hydrogen-bond acceptors (Lipinski definition) is 2. The summed E-state index contributed by atoms with van der Waals surface area (Å²) >= 11 is 6.27. The quantitative estimate of drug-likeness (QED) is 0.593. The highest BCUT2D eigenvalue weighted by molar-refractivity contribution is 6.31. The predicted molar refractivity (Wildman–Crippen MR) is 114 cm³/mol. The fourth-order valence-corrected chi connectivity index (χ4v) is 4.17. The molecule has 0 radical (unpaired) electrons. The lowest BCUT2D eigenvalue weighted by molar-refractivity contribution is 0.321. The van der Waals surface area contributed by atoms with Crippen LogP contribution in [-0.4, -0.2) is 29.1 Å². The monoisotopic (exact) mass is 399 g/mol. The Bertz CT molecular complexity index is 958. The van der Waals surface area contributed by atoms with E-state index in [4.69, 9.17) is 16.9 Å². The topological polar surface area (TPSA) is 32.0 Å². The molecule has 2 heterocycles. The van der Waals surface area contributed by atoms with Crippen molar-refractivity contribution in [2.45, 2.75) is 19.4 Å². The molecule has 1 unspecified atom stereocenters. The Morgan fingerprint density at radius 2 is 2.00 bits per heavy atom. The van der Waals surface area contributed by atoms with Gasteiger partial charge in [0.05, 0.1) is 11.6 Å². The molecule has 0 N–H and O–H groups in total. The third-order valence-electron chi connectivity index (χ3n) is 5.38. The summed E-state index contributed by atoms with van der Waals surface area (Å²) in [4.78, 5) is 2.54. The van der Waals surface area contributed by atoms with Gasteiger partial charge < -0.3 is 9.47 Å². The summed E-state index contributed by atoms with van der Waals surface area (Å²) in [5.41, 5.74) is 3.13. The lowest BCUT2D eigenvalue weighted by atomic mass is 10.1. The van der Waals surface area contributed by atoms with Crippen LogP contribution in [0.1, 0.15) is 17.5 Å². The van der Waals surface area contributed by atoms with Crippen molar-refractivity contribution in [3.63, 3.8) is 0 Å². The molecule has 3 aromatic rings. The lowest BCUT2D eigenvalue weighted by Gasteiger charge is -2.17. The molecule has 1 aliphatic heterocycles. The van der Waals surface area contributed by atoms with Crippen molar-refractivity contribution < 1.29 is 0 Å². The highest BCUT2D eigenvalue weighted by Gasteiger charge is 2.23. The molecule has 1 aliphatic rings. The van der Waals surface area contributed by atoms with Crippen LogP contribution < -0.4 is 0 Å². The molecular formula is C22H23Cl2N3. The molecule has 1 aromatic heterocycles. The SMILES string of the molecule is Cl.N#Cc1ccc2ccn(CC3CCN(CCc4ccccc4Cl)C3)c2c1. The minimum Gasteiger partial charge on any atom is -0.347 e. The van der Waals surface area contributed by atoms with Crippen molar-refractivity contribution >= 4 is 34.9 Å². The van der Waals surface area contributed by atoms with Gasteiger partial charge in [-0.2, -0.15) is 5.26 Å². The molecule has 1 fully saturated rings. The Kier molecular flexibility index (Phi) is 6.44. The third-order valence-corrected chi connectivity index (χ3v) is 5.75. The zero-order valence-corrected chi connectivity index (χ0v) is 16.7. The van der Waals surface area contributed by atoms with E-state index in [-0.39, 0.29) is 12.4 Å². The first kappa shape index (κ1) is 19.8. The van der Waals surface area contributed by atoms with E-state index in [9.17, 15) is 0 Å². The predicted octanol–water partition coefficient (Wildman–Crippen LogP) is 5.15. The maximum absolute atomic E-state index is 9.14.